The summed E-state index contributed by atoms with van der Waals surface area (Å²) < 4.78 is 0. The van der Waals surface area contributed by atoms with E-state index >= 15 is 0 Å². The molecule has 1 fully saturated rings. The number of carbonyl (C=O) groups excluding carboxylic acids is 1. The van der Waals surface area contributed by atoms with Gasteiger partial charge in [0.1, 0.15) is 0 Å². The predicted molar refractivity (Wildman–Crippen MR) is 50.4 cm³/mol. The van der Waals surface area contributed by atoms with Gasteiger partial charge < -0.3 is 10.0 Å². The minimum atomic E-state index is -1.11. The van der Waals surface area contributed by atoms with Crippen LogP contribution in [0.4, 0.5) is 0 Å². The Labute approximate surface area is 82.9 Å². The first-order valence-corrected chi connectivity index (χ1v) is 4.59. The molecular formula is C10H13NO3. The summed E-state index contributed by atoms with van der Waals surface area (Å²) in [5, 5.41) is 8.37. The molecule has 1 unspecified atom stereocenters. The molecule has 14 heavy (non-hydrogen) atoms. The van der Waals surface area contributed by atoms with Gasteiger partial charge in [-0.15, -0.1) is 0 Å². The van der Waals surface area contributed by atoms with E-state index < -0.39 is 5.97 Å². The van der Waals surface area contributed by atoms with E-state index in [-0.39, 0.29) is 11.8 Å². The van der Waals surface area contributed by atoms with Crippen LogP contribution in [0.1, 0.15) is 19.8 Å². The molecule has 1 saturated heterocycles. The highest BCUT2D eigenvalue weighted by Gasteiger charge is 2.19. The number of likely N-dealkylation sites (tertiary alicyclic amines) is 1. The van der Waals surface area contributed by atoms with Gasteiger partial charge in [0.15, 0.2) is 0 Å². The van der Waals surface area contributed by atoms with Gasteiger partial charge in [0.05, 0.1) is 0 Å². The lowest BCUT2D eigenvalue weighted by molar-refractivity contribution is -0.130. The van der Waals surface area contributed by atoms with Crippen molar-refractivity contribution in [2.24, 2.45) is 5.92 Å². The molecule has 1 rings (SSSR count). The van der Waals surface area contributed by atoms with E-state index in [1.807, 2.05) is 0 Å². The molecule has 1 atom stereocenters. The van der Waals surface area contributed by atoms with Gasteiger partial charge in [-0.2, -0.15) is 0 Å². The molecule has 0 spiro atoms. The van der Waals surface area contributed by atoms with Crippen molar-refractivity contribution in [1.82, 2.24) is 4.90 Å². The highest BCUT2D eigenvalue weighted by Crippen LogP contribution is 2.15. The van der Waals surface area contributed by atoms with Crippen LogP contribution in [-0.2, 0) is 9.59 Å². The van der Waals surface area contributed by atoms with Crippen molar-refractivity contribution in [3.05, 3.63) is 0 Å². The van der Waals surface area contributed by atoms with Crippen LogP contribution in [0.3, 0.4) is 0 Å². The zero-order valence-corrected chi connectivity index (χ0v) is 8.12. The molecule has 0 aromatic carbocycles. The monoisotopic (exact) mass is 195 g/mol. The van der Waals surface area contributed by atoms with Crippen LogP contribution in [0.25, 0.3) is 0 Å². The lowest BCUT2D eigenvalue weighted by atomic mass is 9.99. The second-order valence-electron chi connectivity index (χ2n) is 3.38. The van der Waals surface area contributed by atoms with Crippen molar-refractivity contribution in [2.75, 3.05) is 13.1 Å². The maximum Gasteiger partial charge on any atom is 0.381 e. The number of carboxylic acid groups (broad SMARTS) is 1. The first kappa shape index (κ1) is 10.6. The lowest BCUT2D eigenvalue weighted by Crippen LogP contribution is -2.38. The largest absolute Gasteiger partial charge is 0.472 e. The van der Waals surface area contributed by atoms with Gasteiger partial charge >= 0.3 is 5.97 Å². The fraction of sp³-hybridized carbons (Fsp3) is 0.600. The Kier molecular flexibility index (Phi) is 3.52. The predicted octanol–water partition coefficient (Wildman–Crippen LogP) is 0.333. The molecule has 1 heterocycles. The summed E-state index contributed by atoms with van der Waals surface area (Å²) in [5.41, 5.74) is 0. The Morgan fingerprint density at radius 3 is 2.79 bits per heavy atom. The minimum absolute atomic E-state index is 0.0174. The van der Waals surface area contributed by atoms with Crippen molar-refractivity contribution in [3.8, 4) is 11.8 Å². The van der Waals surface area contributed by atoms with Crippen LogP contribution in [0.15, 0.2) is 0 Å². The fourth-order valence-electron chi connectivity index (χ4n) is 1.54. The second kappa shape index (κ2) is 4.66. The molecule has 0 bridgehead atoms. The number of carbonyl (C=O) groups is 2. The Morgan fingerprint density at radius 1 is 1.50 bits per heavy atom. The first-order chi connectivity index (χ1) is 6.59. The summed E-state index contributed by atoms with van der Waals surface area (Å²) in [7, 11) is 0. The van der Waals surface area contributed by atoms with E-state index in [1.165, 1.54) is 6.92 Å². The van der Waals surface area contributed by atoms with Crippen molar-refractivity contribution in [2.45, 2.75) is 19.8 Å². The molecule has 76 valence electrons. The molecule has 0 saturated carbocycles. The summed E-state index contributed by atoms with van der Waals surface area (Å²) in [6, 6.07) is 0. The number of aliphatic carboxylic acids is 1. The zero-order valence-electron chi connectivity index (χ0n) is 8.12. The smallest absolute Gasteiger partial charge is 0.381 e. The van der Waals surface area contributed by atoms with Crippen LogP contribution in [0, 0.1) is 17.8 Å². The number of nitrogens with zero attached hydrogens (tertiary/aromatic N) is 1. The number of rotatable bonds is 0. The van der Waals surface area contributed by atoms with E-state index in [4.69, 9.17) is 5.11 Å². The highest BCUT2D eigenvalue weighted by molar-refractivity contribution is 5.86. The Morgan fingerprint density at radius 2 is 2.21 bits per heavy atom. The molecule has 0 aromatic rings. The molecule has 4 nitrogen and oxygen atoms in total. The summed E-state index contributed by atoms with van der Waals surface area (Å²) in [5.74, 6) is 3.71. The molecule has 4 heteroatoms. The van der Waals surface area contributed by atoms with Crippen molar-refractivity contribution in [1.29, 1.82) is 0 Å². The van der Waals surface area contributed by atoms with E-state index in [1.54, 1.807) is 4.90 Å². The third kappa shape index (κ3) is 3.09. The molecule has 1 aliphatic heterocycles. The topological polar surface area (TPSA) is 57.6 Å². The van der Waals surface area contributed by atoms with Crippen LogP contribution in [0.2, 0.25) is 0 Å². The van der Waals surface area contributed by atoms with Crippen molar-refractivity contribution in [3.63, 3.8) is 0 Å². The van der Waals surface area contributed by atoms with Crippen molar-refractivity contribution >= 4 is 11.9 Å². The first-order valence-electron chi connectivity index (χ1n) is 4.59. The number of hydrogen-bond acceptors (Lipinski definition) is 2. The van der Waals surface area contributed by atoms with E-state index in [0.29, 0.717) is 6.54 Å². The van der Waals surface area contributed by atoms with Crippen molar-refractivity contribution < 1.29 is 14.7 Å². The fourth-order valence-corrected chi connectivity index (χ4v) is 1.54. The Balaban J connectivity index is 2.53. The molecule has 1 amide bonds. The number of amides is 1. The Bertz CT molecular complexity index is 300. The molecule has 0 aliphatic carbocycles. The standard InChI is InChI=1S/C10H13NO3/c1-8(12)11-6-2-3-9(7-11)4-5-10(13)14/h9H,2-3,6-7H2,1H3,(H,13,14). The van der Waals surface area contributed by atoms with Gasteiger partial charge in [-0.3, -0.25) is 4.79 Å². The van der Waals surface area contributed by atoms with Crippen LogP contribution < -0.4 is 0 Å². The van der Waals surface area contributed by atoms with Crippen LogP contribution >= 0.6 is 0 Å². The molecule has 1 aliphatic rings. The van der Waals surface area contributed by atoms with E-state index in [9.17, 15) is 9.59 Å². The molecule has 0 radical (unpaired) electrons. The summed E-state index contributed by atoms with van der Waals surface area (Å²) in [6.07, 6.45) is 1.78. The highest BCUT2D eigenvalue weighted by atomic mass is 16.4. The van der Waals surface area contributed by atoms with Gasteiger partial charge in [-0.25, -0.2) is 4.79 Å². The number of hydrogen-bond donors (Lipinski definition) is 1. The average molecular weight is 195 g/mol. The van der Waals surface area contributed by atoms with Gasteiger partial charge in [0, 0.05) is 31.9 Å². The number of carboxylic acids is 1. The molecule has 0 aromatic heterocycles. The summed E-state index contributed by atoms with van der Waals surface area (Å²) in [6.45, 7) is 2.85. The normalized spacial score (nSPS) is 20.9. The van der Waals surface area contributed by atoms with E-state index in [0.717, 1.165) is 19.4 Å². The van der Waals surface area contributed by atoms with Gasteiger partial charge in [-0.1, -0.05) is 5.92 Å². The maximum absolute atomic E-state index is 11.0. The van der Waals surface area contributed by atoms with E-state index in [2.05, 4.69) is 11.8 Å². The van der Waals surface area contributed by atoms with Gasteiger partial charge in [0.25, 0.3) is 0 Å². The number of piperidine rings is 1. The van der Waals surface area contributed by atoms with Crippen LogP contribution in [-0.4, -0.2) is 35.0 Å². The van der Waals surface area contributed by atoms with Gasteiger partial charge in [-0.05, 0) is 12.8 Å². The minimum Gasteiger partial charge on any atom is -0.472 e. The summed E-state index contributed by atoms with van der Waals surface area (Å²) >= 11 is 0. The quantitative estimate of drug-likeness (QED) is 0.567. The Hall–Kier alpha value is -1.50. The molecular weight excluding hydrogens is 182 g/mol. The molecule has 1 N–H and O–H groups in total. The average Bonchev–Trinajstić information content (AvgIpc) is 2.15. The summed E-state index contributed by atoms with van der Waals surface area (Å²) in [4.78, 5) is 23.0. The maximum atomic E-state index is 11.0. The zero-order chi connectivity index (χ0) is 10.6. The lowest BCUT2D eigenvalue weighted by Gasteiger charge is -2.29. The second-order valence-corrected chi connectivity index (χ2v) is 3.38. The third-order valence-corrected chi connectivity index (χ3v) is 2.25. The van der Waals surface area contributed by atoms with Crippen LogP contribution in [0.5, 0.6) is 0 Å². The van der Waals surface area contributed by atoms with Gasteiger partial charge in [0.2, 0.25) is 5.91 Å². The SMILES string of the molecule is CC(=O)N1CCCC(C#CC(=O)O)C1. The third-order valence-electron chi connectivity index (χ3n) is 2.25.